The quantitative estimate of drug-likeness (QED) is 0.781. The number of carboxylic acids is 1. The molecule has 0 radical (unpaired) electrons. The first-order valence-electron chi connectivity index (χ1n) is 7.06. The minimum Gasteiger partial charge on any atom is -0.480 e. The SMILES string of the molecule is CC(C)(C)N(CC(=O)O)C(=O)C(C)(C)N1CCNCC1. The smallest absolute Gasteiger partial charge is 0.323 e. The molecule has 1 heterocycles. The maximum Gasteiger partial charge on any atom is 0.323 e. The molecule has 20 heavy (non-hydrogen) atoms. The van der Waals surface area contributed by atoms with E-state index in [1.165, 1.54) is 4.90 Å². The summed E-state index contributed by atoms with van der Waals surface area (Å²) < 4.78 is 0. The molecule has 0 unspecified atom stereocenters. The third-order valence-electron chi connectivity index (χ3n) is 3.78. The molecule has 6 heteroatoms. The molecule has 6 nitrogen and oxygen atoms in total. The van der Waals surface area contributed by atoms with E-state index < -0.39 is 17.0 Å². The van der Waals surface area contributed by atoms with E-state index in [-0.39, 0.29) is 12.5 Å². The fraction of sp³-hybridized carbons (Fsp3) is 0.857. The minimum atomic E-state index is -0.982. The Morgan fingerprint density at radius 1 is 1.15 bits per heavy atom. The van der Waals surface area contributed by atoms with E-state index in [4.69, 9.17) is 5.11 Å². The van der Waals surface area contributed by atoms with Gasteiger partial charge in [0.1, 0.15) is 6.54 Å². The first-order valence-corrected chi connectivity index (χ1v) is 7.06. The molecular formula is C14H27N3O3. The van der Waals surface area contributed by atoms with E-state index >= 15 is 0 Å². The van der Waals surface area contributed by atoms with Crippen LogP contribution in [0.1, 0.15) is 34.6 Å². The van der Waals surface area contributed by atoms with E-state index in [9.17, 15) is 9.59 Å². The van der Waals surface area contributed by atoms with Crippen molar-refractivity contribution >= 4 is 11.9 Å². The number of piperazine rings is 1. The molecule has 1 rings (SSSR count). The monoisotopic (exact) mass is 285 g/mol. The third kappa shape index (κ3) is 3.93. The molecule has 1 saturated heterocycles. The zero-order valence-electron chi connectivity index (χ0n) is 13.2. The summed E-state index contributed by atoms with van der Waals surface area (Å²) in [7, 11) is 0. The van der Waals surface area contributed by atoms with Crippen molar-refractivity contribution in [2.24, 2.45) is 0 Å². The van der Waals surface area contributed by atoms with Gasteiger partial charge in [0.2, 0.25) is 5.91 Å². The lowest BCUT2D eigenvalue weighted by Gasteiger charge is -2.45. The number of rotatable bonds is 4. The highest BCUT2D eigenvalue weighted by molar-refractivity contribution is 5.89. The summed E-state index contributed by atoms with van der Waals surface area (Å²) in [4.78, 5) is 27.5. The molecule has 0 bridgehead atoms. The van der Waals surface area contributed by atoms with Gasteiger partial charge in [-0.3, -0.25) is 14.5 Å². The van der Waals surface area contributed by atoms with Gasteiger partial charge in [0.15, 0.2) is 0 Å². The third-order valence-corrected chi connectivity index (χ3v) is 3.78. The summed E-state index contributed by atoms with van der Waals surface area (Å²) in [6.07, 6.45) is 0. The van der Waals surface area contributed by atoms with Crippen LogP contribution in [0.5, 0.6) is 0 Å². The second kappa shape index (κ2) is 6.10. The number of amides is 1. The van der Waals surface area contributed by atoms with Crippen LogP contribution in [0.25, 0.3) is 0 Å². The Hall–Kier alpha value is -1.14. The number of carbonyl (C=O) groups is 2. The fourth-order valence-corrected chi connectivity index (χ4v) is 2.44. The molecule has 2 N–H and O–H groups in total. The van der Waals surface area contributed by atoms with Crippen molar-refractivity contribution < 1.29 is 14.7 Å². The summed E-state index contributed by atoms with van der Waals surface area (Å²) in [5, 5.41) is 12.3. The summed E-state index contributed by atoms with van der Waals surface area (Å²) in [5.41, 5.74) is -1.20. The number of hydrogen-bond acceptors (Lipinski definition) is 4. The number of hydrogen-bond donors (Lipinski definition) is 2. The fourth-order valence-electron chi connectivity index (χ4n) is 2.44. The molecule has 1 aliphatic rings. The number of nitrogens with one attached hydrogen (secondary N) is 1. The van der Waals surface area contributed by atoms with E-state index in [1.54, 1.807) is 0 Å². The Morgan fingerprint density at radius 3 is 2.05 bits per heavy atom. The molecule has 1 fully saturated rings. The van der Waals surface area contributed by atoms with Gasteiger partial charge in [-0.1, -0.05) is 0 Å². The molecule has 0 aromatic heterocycles. The average Bonchev–Trinajstić information content (AvgIpc) is 2.34. The van der Waals surface area contributed by atoms with Crippen LogP contribution in [0.4, 0.5) is 0 Å². The highest BCUT2D eigenvalue weighted by Crippen LogP contribution is 2.23. The highest BCUT2D eigenvalue weighted by Gasteiger charge is 2.41. The van der Waals surface area contributed by atoms with Crippen LogP contribution in [0.15, 0.2) is 0 Å². The second-order valence-corrected chi connectivity index (χ2v) is 6.75. The summed E-state index contributed by atoms with van der Waals surface area (Å²) in [6.45, 7) is 12.4. The van der Waals surface area contributed by atoms with Crippen molar-refractivity contribution in [2.75, 3.05) is 32.7 Å². The zero-order valence-corrected chi connectivity index (χ0v) is 13.2. The molecule has 0 aliphatic carbocycles. The van der Waals surface area contributed by atoms with Gasteiger partial charge in [0, 0.05) is 31.7 Å². The van der Waals surface area contributed by atoms with Crippen molar-refractivity contribution in [3.8, 4) is 0 Å². The van der Waals surface area contributed by atoms with Crippen molar-refractivity contribution in [1.82, 2.24) is 15.1 Å². The van der Waals surface area contributed by atoms with E-state index in [2.05, 4.69) is 10.2 Å². The predicted octanol–water partition coefficient (Wildman–Crippen LogP) is 0.382. The average molecular weight is 285 g/mol. The Morgan fingerprint density at radius 2 is 1.65 bits per heavy atom. The standard InChI is InChI=1S/C14H27N3O3/c1-13(2,3)17(10-11(18)19)12(20)14(4,5)16-8-6-15-7-9-16/h15H,6-10H2,1-5H3,(H,18,19). The maximum absolute atomic E-state index is 12.8. The molecule has 0 aromatic rings. The molecule has 0 aromatic carbocycles. The number of aliphatic carboxylic acids is 1. The van der Waals surface area contributed by atoms with E-state index in [0.29, 0.717) is 0 Å². The molecule has 0 spiro atoms. The first-order chi connectivity index (χ1) is 9.06. The van der Waals surface area contributed by atoms with Gasteiger partial charge in [-0.2, -0.15) is 0 Å². The van der Waals surface area contributed by atoms with Gasteiger partial charge in [0.05, 0.1) is 5.54 Å². The molecule has 116 valence electrons. The van der Waals surface area contributed by atoms with Crippen LogP contribution in [0.2, 0.25) is 0 Å². The van der Waals surface area contributed by atoms with Crippen molar-refractivity contribution in [1.29, 1.82) is 0 Å². The number of nitrogens with zero attached hydrogens (tertiary/aromatic N) is 2. The lowest BCUT2D eigenvalue weighted by molar-refractivity contribution is -0.155. The van der Waals surface area contributed by atoms with Crippen LogP contribution >= 0.6 is 0 Å². The largest absolute Gasteiger partial charge is 0.480 e. The van der Waals surface area contributed by atoms with Gasteiger partial charge in [-0.05, 0) is 34.6 Å². The second-order valence-electron chi connectivity index (χ2n) is 6.75. The van der Waals surface area contributed by atoms with E-state index in [0.717, 1.165) is 26.2 Å². The van der Waals surface area contributed by atoms with Crippen LogP contribution in [-0.2, 0) is 9.59 Å². The Labute approximate surface area is 121 Å². The van der Waals surface area contributed by atoms with Gasteiger partial charge in [-0.15, -0.1) is 0 Å². The maximum atomic E-state index is 12.8. The van der Waals surface area contributed by atoms with E-state index in [1.807, 2.05) is 34.6 Å². The molecule has 0 atom stereocenters. The van der Waals surface area contributed by atoms with Crippen LogP contribution in [0.3, 0.4) is 0 Å². The number of carboxylic acid groups (broad SMARTS) is 1. The highest BCUT2D eigenvalue weighted by atomic mass is 16.4. The van der Waals surface area contributed by atoms with Crippen molar-refractivity contribution in [3.63, 3.8) is 0 Å². The number of carbonyl (C=O) groups excluding carboxylic acids is 1. The zero-order chi connectivity index (χ0) is 15.6. The molecule has 1 amide bonds. The lowest BCUT2D eigenvalue weighted by atomic mass is 9.95. The van der Waals surface area contributed by atoms with Crippen molar-refractivity contribution in [2.45, 2.75) is 45.7 Å². The van der Waals surface area contributed by atoms with Crippen molar-refractivity contribution in [3.05, 3.63) is 0 Å². The summed E-state index contributed by atoms with van der Waals surface area (Å²) >= 11 is 0. The normalized spacial score (nSPS) is 17.9. The minimum absolute atomic E-state index is 0.130. The van der Waals surface area contributed by atoms with Gasteiger partial charge < -0.3 is 15.3 Å². The molecular weight excluding hydrogens is 258 g/mol. The van der Waals surface area contributed by atoms with Gasteiger partial charge in [0.25, 0.3) is 0 Å². The summed E-state index contributed by atoms with van der Waals surface area (Å²) in [5.74, 6) is -1.11. The first kappa shape index (κ1) is 16.9. The van der Waals surface area contributed by atoms with Gasteiger partial charge >= 0.3 is 5.97 Å². The predicted molar refractivity (Wildman–Crippen MR) is 77.6 cm³/mol. The molecule has 1 aliphatic heterocycles. The Bertz CT molecular complexity index is 368. The van der Waals surface area contributed by atoms with Crippen LogP contribution < -0.4 is 5.32 Å². The summed E-state index contributed by atoms with van der Waals surface area (Å²) in [6, 6.07) is 0. The lowest BCUT2D eigenvalue weighted by Crippen LogP contribution is -2.63. The van der Waals surface area contributed by atoms with Crippen LogP contribution in [0, 0.1) is 0 Å². The Balaban J connectivity index is 2.94. The molecule has 0 saturated carbocycles. The van der Waals surface area contributed by atoms with Gasteiger partial charge in [-0.25, -0.2) is 0 Å². The van der Waals surface area contributed by atoms with Crippen LogP contribution in [-0.4, -0.2) is 70.6 Å². The Kier molecular flexibility index (Phi) is 5.15. The topological polar surface area (TPSA) is 72.9 Å².